The van der Waals surface area contributed by atoms with Gasteiger partial charge in [0.05, 0.1) is 6.04 Å². The number of nitrogens with one attached hydrogen (secondary N) is 2. The molecule has 0 spiro atoms. The van der Waals surface area contributed by atoms with E-state index in [1.165, 1.54) is 11.1 Å². The van der Waals surface area contributed by atoms with Crippen LogP contribution in [0.5, 0.6) is 0 Å². The zero-order valence-corrected chi connectivity index (χ0v) is 14.1. The Morgan fingerprint density at radius 2 is 2.00 bits per heavy atom. The zero-order chi connectivity index (χ0) is 15.9. The summed E-state index contributed by atoms with van der Waals surface area (Å²) < 4.78 is 0. The summed E-state index contributed by atoms with van der Waals surface area (Å²) in [6.07, 6.45) is 0. The quantitative estimate of drug-likeness (QED) is 0.859. The summed E-state index contributed by atoms with van der Waals surface area (Å²) in [4.78, 5) is 14.1. The molecule has 0 aliphatic carbocycles. The van der Waals surface area contributed by atoms with Crippen LogP contribution in [0.25, 0.3) is 0 Å². The topological polar surface area (TPSA) is 44.4 Å². The van der Waals surface area contributed by atoms with Crippen molar-refractivity contribution in [2.24, 2.45) is 0 Å². The molecule has 118 valence electrons. The number of hydrogen-bond acceptors (Lipinski definition) is 3. The molecule has 1 unspecified atom stereocenters. The summed E-state index contributed by atoms with van der Waals surface area (Å²) in [6, 6.07) is 10.2. The van der Waals surface area contributed by atoms with Crippen molar-refractivity contribution >= 4 is 17.4 Å². The van der Waals surface area contributed by atoms with E-state index in [-0.39, 0.29) is 12.1 Å². The lowest BCUT2D eigenvalue weighted by atomic mass is 10.1. The second-order valence-electron chi connectivity index (χ2n) is 5.53. The second-order valence-corrected chi connectivity index (χ2v) is 6.31. The van der Waals surface area contributed by atoms with Crippen molar-refractivity contribution < 1.29 is 4.79 Å². The minimum Gasteiger partial charge on any atom is -0.336 e. The normalized spacial score (nSPS) is 12.2. The summed E-state index contributed by atoms with van der Waals surface area (Å²) >= 11 is 1.67. The van der Waals surface area contributed by atoms with Crippen molar-refractivity contribution in [3.05, 3.63) is 57.8 Å². The first kappa shape index (κ1) is 16.5. The Labute approximate surface area is 136 Å². The fraction of sp³-hybridized carbons (Fsp3) is 0.353. The number of carbonyl (C=O) groups is 1. The van der Waals surface area contributed by atoms with Crippen molar-refractivity contribution in [1.29, 1.82) is 0 Å². The van der Waals surface area contributed by atoms with Gasteiger partial charge in [-0.1, -0.05) is 24.3 Å². The predicted molar refractivity (Wildman–Crippen MR) is 92.2 cm³/mol. The van der Waals surface area contributed by atoms with E-state index in [0.29, 0.717) is 13.1 Å². The molecule has 5 heteroatoms. The van der Waals surface area contributed by atoms with Crippen LogP contribution in [0.4, 0.5) is 4.79 Å². The Balaban J connectivity index is 1.83. The summed E-state index contributed by atoms with van der Waals surface area (Å²) in [5, 5.41) is 10.1. The molecule has 2 amide bonds. The van der Waals surface area contributed by atoms with Crippen LogP contribution in [0, 0.1) is 6.92 Å². The number of likely N-dealkylation sites (N-methyl/N-ethyl adjacent to an activating group) is 1. The Hall–Kier alpha value is -1.85. The molecule has 2 N–H and O–H groups in total. The average molecular weight is 317 g/mol. The van der Waals surface area contributed by atoms with Crippen LogP contribution in [0.2, 0.25) is 0 Å². The first-order valence-corrected chi connectivity index (χ1v) is 8.27. The number of urea groups is 1. The van der Waals surface area contributed by atoms with Crippen molar-refractivity contribution in [3.63, 3.8) is 0 Å². The smallest absolute Gasteiger partial charge is 0.315 e. The fourth-order valence-corrected chi connectivity index (χ4v) is 3.01. The van der Waals surface area contributed by atoms with Crippen molar-refractivity contribution in [2.45, 2.75) is 19.5 Å². The zero-order valence-electron chi connectivity index (χ0n) is 13.3. The van der Waals surface area contributed by atoms with Gasteiger partial charge in [0, 0.05) is 13.1 Å². The SMILES string of the molecule is Cc1ccccc1CNC(=O)NCC(c1ccsc1)N(C)C. The highest BCUT2D eigenvalue weighted by Gasteiger charge is 2.15. The highest BCUT2D eigenvalue weighted by Crippen LogP contribution is 2.19. The number of aryl methyl sites for hydroxylation is 1. The molecule has 1 aromatic carbocycles. The second kappa shape index (κ2) is 7.96. The van der Waals surface area contributed by atoms with E-state index in [0.717, 1.165) is 5.56 Å². The van der Waals surface area contributed by atoms with Gasteiger partial charge in [-0.25, -0.2) is 4.79 Å². The van der Waals surface area contributed by atoms with E-state index < -0.39 is 0 Å². The molecule has 0 saturated carbocycles. The molecule has 0 saturated heterocycles. The molecule has 1 heterocycles. The fourth-order valence-electron chi connectivity index (χ4n) is 2.30. The standard InChI is InChI=1S/C17H23N3OS/c1-13-6-4-5-7-14(13)10-18-17(21)19-11-16(20(2)3)15-8-9-22-12-15/h4-9,12,16H,10-11H2,1-3H3,(H2,18,19,21). The number of thiophene rings is 1. The van der Waals surface area contributed by atoms with Crippen LogP contribution in [0.15, 0.2) is 41.1 Å². The maximum atomic E-state index is 12.0. The Bertz CT molecular complexity index is 596. The highest BCUT2D eigenvalue weighted by molar-refractivity contribution is 7.07. The molecule has 22 heavy (non-hydrogen) atoms. The van der Waals surface area contributed by atoms with Gasteiger partial charge in [-0.3, -0.25) is 0 Å². The average Bonchev–Trinajstić information content (AvgIpc) is 3.00. The minimum absolute atomic E-state index is 0.134. The third kappa shape index (κ3) is 4.58. The van der Waals surface area contributed by atoms with Crippen LogP contribution in [-0.2, 0) is 6.54 Å². The van der Waals surface area contributed by atoms with Crippen LogP contribution in [0.3, 0.4) is 0 Å². The van der Waals surface area contributed by atoms with Gasteiger partial charge in [0.1, 0.15) is 0 Å². The number of carbonyl (C=O) groups excluding carboxylic acids is 1. The Morgan fingerprint density at radius 3 is 2.64 bits per heavy atom. The number of amides is 2. The van der Waals surface area contributed by atoms with E-state index >= 15 is 0 Å². The maximum absolute atomic E-state index is 12.0. The van der Waals surface area contributed by atoms with Gasteiger partial charge < -0.3 is 15.5 Å². The summed E-state index contributed by atoms with van der Waals surface area (Å²) in [5.41, 5.74) is 3.56. The minimum atomic E-state index is -0.134. The van der Waals surface area contributed by atoms with Crippen molar-refractivity contribution in [3.8, 4) is 0 Å². The monoisotopic (exact) mass is 317 g/mol. The Kier molecular flexibility index (Phi) is 5.98. The lowest BCUT2D eigenvalue weighted by Gasteiger charge is -2.24. The molecule has 0 aliphatic heterocycles. The highest BCUT2D eigenvalue weighted by atomic mass is 32.1. The summed E-state index contributed by atoms with van der Waals surface area (Å²) in [7, 11) is 4.05. The van der Waals surface area contributed by atoms with Gasteiger partial charge in [0.2, 0.25) is 0 Å². The van der Waals surface area contributed by atoms with E-state index in [1.54, 1.807) is 11.3 Å². The van der Waals surface area contributed by atoms with Crippen molar-refractivity contribution in [2.75, 3.05) is 20.6 Å². The summed E-state index contributed by atoms with van der Waals surface area (Å²) in [5.74, 6) is 0. The number of nitrogens with zero attached hydrogens (tertiary/aromatic N) is 1. The van der Waals surface area contributed by atoms with Gasteiger partial charge in [0.25, 0.3) is 0 Å². The molecule has 2 rings (SSSR count). The molecule has 1 aromatic heterocycles. The maximum Gasteiger partial charge on any atom is 0.315 e. The van der Waals surface area contributed by atoms with Crippen LogP contribution in [-0.4, -0.2) is 31.6 Å². The van der Waals surface area contributed by atoms with E-state index in [2.05, 4.69) is 32.4 Å². The predicted octanol–water partition coefficient (Wildman–Crippen LogP) is 3.16. The molecule has 0 aliphatic rings. The molecule has 1 atom stereocenters. The molecule has 2 aromatic rings. The van der Waals surface area contributed by atoms with Crippen molar-refractivity contribution in [1.82, 2.24) is 15.5 Å². The molecule has 4 nitrogen and oxygen atoms in total. The molecule has 0 fully saturated rings. The third-order valence-electron chi connectivity index (χ3n) is 3.71. The van der Waals surface area contributed by atoms with Gasteiger partial charge in [-0.05, 0) is 54.5 Å². The van der Waals surface area contributed by atoms with E-state index in [9.17, 15) is 4.79 Å². The number of hydrogen-bond donors (Lipinski definition) is 2. The van der Waals surface area contributed by atoms with E-state index in [1.807, 2.05) is 45.3 Å². The molecular formula is C17H23N3OS. The lowest BCUT2D eigenvalue weighted by Crippen LogP contribution is -2.40. The van der Waals surface area contributed by atoms with Gasteiger partial charge in [0.15, 0.2) is 0 Å². The lowest BCUT2D eigenvalue weighted by molar-refractivity contribution is 0.232. The van der Waals surface area contributed by atoms with Gasteiger partial charge in [-0.2, -0.15) is 11.3 Å². The number of benzene rings is 1. The first-order chi connectivity index (χ1) is 10.6. The number of rotatable bonds is 6. The Morgan fingerprint density at radius 1 is 1.23 bits per heavy atom. The third-order valence-corrected chi connectivity index (χ3v) is 4.41. The molecule has 0 radical (unpaired) electrons. The van der Waals surface area contributed by atoms with Gasteiger partial charge in [-0.15, -0.1) is 0 Å². The first-order valence-electron chi connectivity index (χ1n) is 7.32. The van der Waals surface area contributed by atoms with Crippen LogP contribution in [0.1, 0.15) is 22.7 Å². The molecular weight excluding hydrogens is 294 g/mol. The largest absolute Gasteiger partial charge is 0.336 e. The van der Waals surface area contributed by atoms with Gasteiger partial charge >= 0.3 is 6.03 Å². The van der Waals surface area contributed by atoms with Crippen LogP contribution >= 0.6 is 11.3 Å². The summed E-state index contributed by atoms with van der Waals surface area (Å²) in [6.45, 7) is 3.18. The van der Waals surface area contributed by atoms with Crippen LogP contribution < -0.4 is 10.6 Å². The van der Waals surface area contributed by atoms with E-state index in [4.69, 9.17) is 0 Å². The molecule has 0 bridgehead atoms.